The number of nitrogens with zero attached hydrogens (tertiary/aromatic N) is 1. The molecule has 1 atom stereocenters. The zero-order valence-electron chi connectivity index (χ0n) is 12.4. The lowest BCUT2D eigenvalue weighted by Gasteiger charge is -2.28. The van der Waals surface area contributed by atoms with E-state index in [2.05, 4.69) is 15.8 Å². The van der Waals surface area contributed by atoms with Crippen LogP contribution >= 0.6 is 0 Å². The van der Waals surface area contributed by atoms with Gasteiger partial charge in [0.2, 0.25) is 0 Å². The van der Waals surface area contributed by atoms with Crippen molar-refractivity contribution in [3.8, 4) is 11.3 Å². The van der Waals surface area contributed by atoms with Gasteiger partial charge in [0.1, 0.15) is 0 Å². The molecule has 0 saturated heterocycles. The zero-order valence-corrected chi connectivity index (χ0v) is 12.4. The van der Waals surface area contributed by atoms with Crippen molar-refractivity contribution in [2.75, 3.05) is 11.9 Å². The van der Waals surface area contributed by atoms with E-state index in [9.17, 15) is 9.90 Å². The van der Waals surface area contributed by atoms with E-state index in [-0.39, 0.29) is 6.61 Å². The average Bonchev–Trinajstić information content (AvgIpc) is 3.29. The van der Waals surface area contributed by atoms with E-state index in [0.717, 1.165) is 18.4 Å². The second kappa shape index (κ2) is 5.81. The molecular formula is C16H19N3O3. The quantitative estimate of drug-likeness (QED) is 0.792. The monoisotopic (exact) mass is 301 g/mol. The lowest BCUT2D eigenvalue weighted by Crippen LogP contribution is -2.52. The Balaban J connectivity index is 1.64. The molecule has 1 aromatic carbocycles. The Morgan fingerprint density at radius 3 is 2.77 bits per heavy atom. The van der Waals surface area contributed by atoms with Crippen molar-refractivity contribution in [3.05, 3.63) is 36.4 Å². The molecule has 1 heterocycles. The van der Waals surface area contributed by atoms with Crippen molar-refractivity contribution in [2.24, 2.45) is 5.92 Å². The molecule has 6 heteroatoms. The van der Waals surface area contributed by atoms with Gasteiger partial charge in [-0.05, 0) is 25.7 Å². The number of anilines is 1. The summed E-state index contributed by atoms with van der Waals surface area (Å²) in [5.41, 5.74) is 0.303. The number of amides is 2. The van der Waals surface area contributed by atoms with Gasteiger partial charge in [0, 0.05) is 11.6 Å². The Kier molecular flexibility index (Phi) is 3.85. The van der Waals surface area contributed by atoms with Crippen LogP contribution in [0.5, 0.6) is 0 Å². The Bertz CT molecular complexity index is 652. The van der Waals surface area contributed by atoms with Crippen LogP contribution in [0, 0.1) is 5.92 Å². The number of benzene rings is 1. The van der Waals surface area contributed by atoms with Crippen molar-refractivity contribution < 1.29 is 14.4 Å². The molecule has 3 N–H and O–H groups in total. The third-order valence-electron chi connectivity index (χ3n) is 4.02. The molecule has 0 radical (unpaired) electrons. The predicted molar refractivity (Wildman–Crippen MR) is 82.3 cm³/mol. The molecule has 2 aromatic rings. The number of aliphatic hydroxyl groups excluding tert-OH is 1. The summed E-state index contributed by atoms with van der Waals surface area (Å²) < 4.78 is 5.23. The van der Waals surface area contributed by atoms with E-state index in [1.807, 2.05) is 37.3 Å². The van der Waals surface area contributed by atoms with Crippen LogP contribution in [-0.4, -0.2) is 28.4 Å². The minimum Gasteiger partial charge on any atom is -0.394 e. The second-order valence-corrected chi connectivity index (χ2v) is 5.87. The first-order valence-corrected chi connectivity index (χ1v) is 7.33. The number of aliphatic hydroxyl groups is 1. The fourth-order valence-corrected chi connectivity index (χ4v) is 2.47. The summed E-state index contributed by atoms with van der Waals surface area (Å²) in [5, 5.41) is 18.8. The molecule has 1 aliphatic rings. The van der Waals surface area contributed by atoms with Crippen molar-refractivity contribution in [1.29, 1.82) is 0 Å². The van der Waals surface area contributed by atoms with Gasteiger partial charge in [-0.1, -0.05) is 35.5 Å². The van der Waals surface area contributed by atoms with Crippen LogP contribution in [0.25, 0.3) is 11.3 Å². The van der Waals surface area contributed by atoms with E-state index >= 15 is 0 Å². The summed E-state index contributed by atoms with van der Waals surface area (Å²) in [4.78, 5) is 12.0. The first-order chi connectivity index (χ1) is 10.6. The summed E-state index contributed by atoms with van der Waals surface area (Å²) >= 11 is 0. The molecule has 1 aliphatic carbocycles. The summed E-state index contributed by atoms with van der Waals surface area (Å²) in [5.74, 6) is 1.26. The molecule has 1 saturated carbocycles. The normalized spacial score (nSPS) is 16.8. The number of hydrogen-bond donors (Lipinski definition) is 3. The third kappa shape index (κ3) is 3.12. The lowest BCUT2D eigenvalue weighted by molar-refractivity contribution is 0.159. The van der Waals surface area contributed by atoms with Crippen molar-refractivity contribution >= 4 is 11.8 Å². The summed E-state index contributed by atoms with van der Waals surface area (Å²) in [6.07, 6.45) is 2.05. The number of carbonyl (C=O) groups excluding carboxylic acids is 1. The van der Waals surface area contributed by atoms with Gasteiger partial charge in [-0.2, -0.15) is 0 Å². The third-order valence-corrected chi connectivity index (χ3v) is 4.02. The Morgan fingerprint density at radius 2 is 2.14 bits per heavy atom. The highest BCUT2D eigenvalue weighted by atomic mass is 16.5. The molecule has 0 aliphatic heterocycles. The first-order valence-electron chi connectivity index (χ1n) is 7.33. The average molecular weight is 301 g/mol. The van der Waals surface area contributed by atoms with Crippen LogP contribution in [-0.2, 0) is 0 Å². The van der Waals surface area contributed by atoms with Crippen LogP contribution < -0.4 is 10.6 Å². The molecule has 1 fully saturated rings. The first kappa shape index (κ1) is 14.6. The SMILES string of the molecule is C[C@@](CO)(NC(=O)Nc1cc(-c2ccccc2)on1)C1CC1. The molecule has 3 rings (SSSR count). The number of rotatable bonds is 5. The standard InChI is InChI=1S/C16H19N3O3/c1-16(10-20,12-7-8-12)18-15(21)17-14-9-13(22-19-14)11-5-3-2-4-6-11/h2-6,9,12,20H,7-8,10H2,1H3,(H2,17,18,19,21)/t16-/m0/s1. The van der Waals surface area contributed by atoms with Gasteiger partial charge in [0.25, 0.3) is 0 Å². The number of aromatic nitrogens is 1. The van der Waals surface area contributed by atoms with Gasteiger partial charge in [0.05, 0.1) is 12.1 Å². The molecule has 1 aromatic heterocycles. The molecule has 0 spiro atoms. The van der Waals surface area contributed by atoms with E-state index in [1.165, 1.54) is 0 Å². The van der Waals surface area contributed by atoms with Gasteiger partial charge >= 0.3 is 6.03 Å². The summed E-state index contributed by atoms with van der Waals surface area (Å²) in [6, 6.07) is 10.8. The molecule has 116 valence electrons. The number of nitrogens with one attached hydrogen (secondary N) is 2. The maximum atomic E-state index is 12.0. The zero-order chi connectivity index (χ0) is 15.6. The summed E-state index contributed by atoms with van der Waals surface area (Å²) in [6.45, 7) is 1.77. The summed E-state index contributed by atoms with van der Waals surface area (Å²) in [7, 11) is 0. The molecule has 2 amide bonds. The highest BCUT2D eigenvalue weighted by molar-refractivity contribution is 5.89. The van der Waals surface area contributed by atoms with Crippen molar-refractivity contribution in [3.63, 3.8) is 0 Å². The fraction of sp³-hybridized carbons (Fsp3) is 0.375. The fourth-order valence-electron chi connectivity index (χ4n) is 2.47. The second-order valence-electron chi connectivity index (χ2n) is 5.87. The highest BCUT2D eigenvalue weighted by Gasteiger charge is 2.42. The molecule has 0 unspecified atom stereocenters. The highest BCUT2D eigenvalue weighted by Crippen LogP contribution is 2.39. The maximum absolute atomic E-state index is 12.0. The lowest BCUT2D eigenvalue weighted by atomic mass is 9.97. The van der Waals surface area contributed by atoms with Crippen LogP contribution in [0.15, 0.2) is 40.9 Å². The Morgan fingerprint density at radius 1 is 1.41 bits per heavy atom. The van der Waals surface area contributed by atoms with Crippen molar-refractivity contribution in [2.45, 2.75) is 25.3 Å². The topological polar surface area (TPSA) is 87.4 Å². The van der Waals surface area contributed by atoms with E-state index in [4.69, 9.17) is 4.52 Å². The minimum atomic E-state index is -0.587. The van der Waals surface area contributed by atoms with Gasteiger partial charge in [-0.25, -0.2) is 4.79 Å². The predicted octanol–water partition coefficient (Wildman–Crippen LogP) is 2.62. The Hall–Kier alpha value is -2.34. The van der Waals surface area contributed by atoms with Gasteiger partial charge in [0.15, 0.2) is 11.6 Å². The van der Waals surface area contributed by atoms with Gasteiger partial charge in [-0.3, -0.25) is 5.32 Å². The Labute approximate surface area is 128 Å². The van der Waals surface area contributed by atoms with Crippen molar-refractivity contribution in [1.82, 2.24) is 10.5 Å². The smallest absolute Gasteiger partial charge is 0.321 e. The van der Waals surface area contributed by atoms with E-state index in [1.54, 1.807) is 6.07 Å². The largest absolute Gasteiger partial charge is 0.394 e. The number of carbonyl (C=O) groups is 1. The molecular weight excluding hydrogens is 282 g/mol. The van der Waals surface area contributed by atoms with E-state index in [0.29, 0.717) is 17.5 Å². The molecule has 0 bridgehead atoms. The minimum absolute atomic E-state index is 0.0842. The van der Waals surface area contributed by atoms with Gasteiger partial charge in [-0.15, -0.1) is 0 Å². The van der Waals surface area contributed by atoms with Crippen LogP contribution in [0.1, 0.15) is 19.8 Å². The van der Waals surface area contributed by atoms with E-state index < -0.39 is 11.6 Å². The van der Waals surface area contributed by atoms with Gasteiger partial charge < -0.3 is 14.9 Å². The van der Waals surface area contributed by atoms with Crippen LogP contribution in [0.4, 0.5) is 10.6 Å². The molecule has 22 heavy (non-hydrogen) atoms. The van der Waals surface area contributed by atoms with Crippen LogP contribution in [0.3, 0.4) is 0 Å². The number of hydrogen-bond acceptors (Lipinski definition) is 4. The number of urea groups is 1. The van der Waals surface area contributed by atoms with Crippen LogP contribution in [0.2, 0.25) is 0 Å². The molecule has 6 nitrogen and oxygen atoms in total. The maximum Gasteiger partial charge on any atom is 0.321 e.